The third-order valence-corrected chi connectivity index (χ3v) is 6.99. The Morgan fingerprint density at radius 2 is 1.97 bits per heavy atom. The number of amides is 1. The van der Waals surface area contributed by atoms with E-state index in [0.717, 1.165) is 17.5 Å². The molecule has 2 heterocycles. The summed E-state index contributed by atoms with van der Waals surface area (Å²) in [7, 11) is -2.12. The van der Waals surface area contributed by atoms with Crippen LogP contribution in [0.1, 0.15) is 6.42 Å². The molecule has 0 aliphatic heterocycles. The molecule has 0 aliphatic rings. The van der Waals surface area contributed by atoms with Crippen LogP contribution in [0.4, 0.5) is 9.52 Å². The number of sulfone groups is 1. The summed E-state index contributed by atoms with van der Waals surface area (Å²) in [5, 5.41) is 5.56. The van der Waals surface area contributed by atoms with Gasteiger partial charge in [-0.2, -0.15) is 0 Å². The molecule has 160 valence electrons. The van der Waals surface area contributed by atoms with E-state index < -0.39 is 27.3 Å². The predicted molar refractivity (Wildman–Crippen MR) is 116 cm³/mol. The SMILES string of the molecule is COc1ccc2cc(-c3csc(NC(=O)CCS(=O)(=O)c4ccc(F)cc4)n3)oc2c1. The molecule has 0 saturated carbocycles. The fraction of sp³-hybridized carbons (Fsp3) is 0.143. The average molecular weight is 461 g/mol. The second-order valence-electron chi connectivity index (χ2n) is 6.62. The van der Waals surface area contributed by atoms with Crippen LogP contribution in [-0.4, -0.2) is 32.2 Å². The first kappa shape index (κ1) is 21.0. The molecule has 0 atom stereocenters. The number of hydrogen-bond acceptors (Lipinski definition) is 7. The van der Waals surface area contributed by atoms with Crippen LogP contribution in [0, 0.1) is 5.82 Å². The molecule has 2 aromatic carbocycles. The van der Waals surface area contributed by atoms with Crippen LogP contribution in [0.5, 0.6) is 5.75 Å². The Labute approximate surface area is 181 Å². The Balaban J connectivity index is 1.40. The van der Waals surface area contributed by atoms with Gasteiger partial charge in [-0.25, -0.2) is 17.8 Å². The van der Waals surface area contributed by atoms with E-state index >= 15 is 0 Å². The largest absolute Gasteiger partial charge is 0.497 e. The van der Waals surface area contributed by atoms with E-state index in [1.54, 1.807) is 18.6 Å². The van der Waals surface area contributed by atoms with Gasteiger partial charge in [-0.3, -0.25) is 4.79 Å². The van der Waals surface area contributed by atoms with Crippen molar-refractivity contribution in [3.8, 4) is 17.2 Å². The molecule has 0 aliphatic carbocycles. The van der Waals surface area contributed by atoms with Crippen molar-refractivity contribution in [2.75, 3.05) is 18.2 Å². The lowest BCUT2D eigenvalue weighted by Crippen LogP contribution is -2.17. The first-order valence-corrected chi connectivity index (χ1v) is 11.7. The Morgan fingerprint density at radius 3 is 2.71 bits per heavy atom. The summed E-state index contributed by atoms with van der Waals surface area (Å²) in [6.45, 7) is 0. The van der Waals surface area contributed by atoms with E-state index in [4.69, 9.17) is 9.15 Å². The van der Waals surface area contributed by atoms with E-state index in [1.165, 1.54) is 23.5 Å². The molecule has 0 fully saturated rings. The van der Waals surface area contributed by atoms with Crippen LogP contribution in [0.3, 0.4) is 0 Å². The number of halogens is 1. The van der Waals surface area contributed by atoms with Crippen LogP contribution >= 0.6 is 11.3 Å². The Bertz CT molecular complexity index is 1340. The second-order valence-corrected chi connectivity index (χ2v) is 9.59. The normalized spacial score (nSPS) is 11.5. The monoisotopic (exact) mass is 460 g/mol. The maximum absolute atomic E-state index is 13.0. The lowest BCUT2D eigenvalue weighted by atomic mass is 10.2. The maximum Gasteiger partial charge on any atom is 0.227 e. The van der Waals surface area contributed by atoms with E-state index in [0.29, 0.717) is 27.9 Å². The molecule has 1 amide bonds. The summed E-state index contributed by atoms with van der Waals surface area (Å²) in [6, 6.07) is 11.8. The fourth-order valence-electron chi connectivity index (χ4n) is 2.88. The fourth-order valence-corrected chi connectivity index (χ4v) is 4.83. The number of hydrogen-bond donors (Lipinski definition) is 1. The van der Waals surface area contributed by atoms with E-state index in [-0.39, 0.29) is 11.3 Å². The smallest absolute Gasteiger partial charge is 0.227 e. The standard InChI is InChI=1S/C21H17FN2O5S2/c1-28-15-5-2-13-10-19(29-18(13)11-15)17-12-30-21(23-17)24-20(25)8-9-31(26,27)16-6-3-14(22)4-7-16/h2-7,10-12H,8-9H2,1H3,(H,23,24,25). The number of fused-ring (bicyclic) bond motifs is 1. The molecule has 0 unspecified atom stereocenters. The van der Waals surface area contributed by atoms with Crippen LogP contribution in [-0.2, 0) is 14.6 Å². The molecule has 0 saturated heterocycles. The summed E-state index contributed by atoms with van der Waals surface area (Å²) >= 11 is 1.20. The van der Waals surface area contributed by atoms with Crippen molar-refractivity contribution in [3.63, 3.8) is 0 Å². The number of furan rings is 1. The third kappa shape index (κ3) is 4.75. The van der Waals surface area contributed by atoms with Crippen molar-refractivity contribution < 1.29 is 26.8 Å². The highest BCUT2D eigenvalue weighted by Crippen LogP contribution is 2.32. The molecule has 0 bridgehead atoms. The molecule has 4 aromatic rings. The van der Waals surface area contributed by atoms with E-state index in [1.807, 2.05) is 18.2 Å². The highest BCUT2D eigenvalue weighted by atomic mass is 32.2. The summed E-state index contributed by atoms with van der Waals surface area (Å²) < 4.78 is 48.5. The van der Waals surface area contributed by atoms with Gasteiger partial charge in [-0.15, -0.1) is 11.3 Å². The van der Waals surface area contributed by atoms with Crippen LogP contribution < -0.4 is 10.1 Å². The van der Waals surface area contributed by atoms with Crippen molar-refractivity contribution in [2.24, 2.45) is 0 Å². The van der Waals surface area contributed by atoms with Gasteiger partial charge in [0, 0.05) is 23.3 Å². The number of anilines is 1. The van der Waals surface area contributed by atoms with E-state index in [9.17, 15) is 17.6 Å². The first-order valence-electron chi connectivity index (χ1n) is 9.16. The van der Waals surface area contributed by atoms with Crippen molar-refractivity contribution in [2.45, 2.75) is 11.3 Å². The van der Waals surface area contributed by atoms with Crippen LogP contribution in [0.25, 0.3) is 22.4 Å². The van der Waals surface area contributed by atoms with Crippen molar-refractivity contribution in [1.29, 1.82) is 0 Å². The summed E-state index contributed by atoms with van der Waals surface area (Å²) in [6.07, 6.45) is -0.251. The summed E-state index contributed by atoms with van der Waals surface area (Å²) in [5.74, 6) is -0.191. The molecule has 10 heteroatoms. The quantitative estimate of drug-likeness (QED) is 0.408. The predicted octanol–water partition coefficient (Wildman–Crippen LogP) is 4.51. The molecule has 1 N–H and O–H groups in total. The van der Waals surface area contributed by atoms with Gasteiger partial charge in [0.05, 0.1) is 17.8 Å². The second kappa shape index (κ2) is 8.48. The molecule has 31 heavy (non-hydrogen) atoms. The van der Waals surface area contributed by atoms with Gasteiger partial charge in [-0.1, -0.05) is 0 Å². The van der Waals surface area contributed by atoms with Gasteiger partial charge in [-0.05, 0) is 42.5 Å². The first-order chi connectivity index (χ1) is 14.8. The Hall–Kier alpha value is -3.24. The van der Waals surface area contributed by atoms with Gasteiger partial charge in [0.25, 0.3) is 0 Å². The minimum absolute atomic E-state index is 0.0280. The molecular formula is C21H17FN2O5S2. The zero-order chi connectivity index (χ0) is 22.0. The van der Waals surface area contributed by atoms with Gasteiger partial charge in [0.2, 0.25) is 5.91 Å². The van der Waals surface area contributed by atoms with Crippen molar-refractivity contribution in [3.05, 3.63) is 59.7 Å². The van der Waals surface area contributed by atoms with Gasteiger partial charge in [0.1, 0.15) is 22.8 Å². The molecule has 0 spiro atoms. The number of nitrogens with one attached hydrogen (secondary N) is 1. The molecule has 4 rings (SSSR count). The highest BCUT2D eigenvalue weighted by molar-refractivity contribution is 7.91. The number of benzene rings is 2. The molecular weight excluding hydrogens is 443 g/mol. The van der Waals surface area contributed by atoms with Gasteiger partial charge in [0.15, 0.2) is 20.7 Å². The van der Waals surface area contributed by atoms with Gasteiger partial charge >= 0.3 is 0 Å². The van der Waals surface area contributed by atoms with Crippen molar-refractivity contribution >= 4 is 43.2 Å². The topological polar surface area (TPSA) is 98.5 Å². The zero-order valence-electron chi connectivity index (χ0n) is 16.3. The zero-order valence-corrected chi connectivity index (χ0v) is 17.9. The van der Waals surface area contributed by atoms with Crippen molar-refractivity contribution in [1.82, 2.24) is 4.98 Å². The maximum atomic E-state index is 13.0. The minimum atomic E-state index is -3.69. The molecule has 2 aromatic heterocycles. The lowest BCUT2D eigenvalue weighted by molar-refractivity contribution is -0.115. The number of nitrogens with zero attached hydrogens (tertiary/aromatic N) is 1. The summed E-state index contributed by atoms with van der Waals surface area (Å²) in [4.78, 5) is 16.5. The Kier molecular flexibility index (Phi) is 5.75. The van der Waals surface area contributed by atoms with E-state index in [2.05, 4.69) is 10.3 Å². The lowest BCUT2D eigenvalue weighted by Gasteiger charge is -2.04. The van der Waals surface area contributed by atoms with Crippen LogP contribution in [0.2, 0.25) is 0 Å². The third-order valence-electron chi connectivity index (χ3n) is 4.50. The number of ether oxygens (including phenoxy) is 1. The number of carbonyl (C=O) groups excluding carboxylic acids is 1. The average Bonchev–Trinajstić information content (AvgIpc) is 3.38. The molecule has 0 radical (unpaired) electrons. The van der Waals surface area contributed by atoms with Crippen LogP contribution in [0.15, 0.2) is 63.2 Å². The minimum Gasteiger partial charge on any atom is -0.497 e. The number of rotatable bonds is 7. The highest BCUT2D eigenvalue weighted by Gasteiger charge is 2.18. The number of aromatic nitrogens is 1. The molecule has 7 nitrogen and oxygen atoms in total. The van der Waals surface area contributed by atoms with Gasteiger partial charge < -0.3 is 14.5 Å². The summed E-state index contributed by atoms with van der Waals surface area (Å²) in [5.41, 5.74) is 1.20. The number of thiazole rings is 1. The number of methoxy groups -OCH3 is 1. The number of carbonyl (C=O) groups is 1. The Morgan fingerprint density at radius 1 is 1.19 bits per heavy atom.